The average Bonchev–Trinajstić information content (AvgIpc) is 2.83. The molecule has 23 heavy (non-hydrogen) atoms. The maximum absolute atomic E-state index is 12.1. The second kappa shape index (κ2) is 4.47. The molecule has 118 valence electrons. The quantitative estimate of drug-likeness (QED) is 0.879. The highest BCUT2D eigenvalue weighted by molar-refractivity contribution is 5.88. The van der Waals surface area contributed by atoms with Crippen molar-refractivity contribution < 1.29 is 9.90 Å². The highest BCUT2D eigenvalue weighted by Gasteiger charge is 2.45. The molecule has 1 aromatic heterocycles. The molecular weight excluding hydrogens is 292 g/mol. The van der Waals surface area contributed by atoms with Crippen LogP contribution in [-0.2, 0) is 0 Å². The lowest BCUT2D eigenvalue weighted by Crippen LogP contribution is -2.42. The Morgan fingerprint density at radius 1 is 1.30 bits per heavy atom. The van der Waals surface area contributed by atoms with Crippen molar-refractivity contribution >= 4 is 5.97 Å². The SMILES string of the molecule is CC1(C)CCN2C1c1ccccc1-c1cc(=O)c(C(=O)O)cn12. The predicted octanol–water partition coefficient (Wildman–Crippen LogP) is 2.64. The summed E-state index contributed by atoms with van der Waals surface area (Å²) in [5, 5.41) is 11.5. The molecule has 1 unspecified atom stereocenters. The fraction of sp³-hybridized carbons (Fsp3) is 0.333. The van der Waals surface area contributed by atoms with Gasteiger partial charge in [0, 0.05) is 24.4 Å². The molecule has 0 bridgehead atoms. The van der Waals surface area contributed by atoms with Crippen LogP contribution in [0.2, 0.25) is 0 Å². The Morgan fingerprint density at radius 3 is 2.78 bits per heavy atom. The number of carbonyl (C=O) groups is 1. The molecule has 2 aliphatic rings. The largest absolute Gasteiger partial charge is 0.477 e. The van der Waals surface area contributed by atoms with E-state index in [1.54, 1.807) is 0 Å². The van der Waals surface area contributed by atoms with E-state index in [-0.39, 0.29) is 17.0 Å². The van der Waals surface area contributed by atoms with Crippen LogP contribution in [0.15, 0.2) is 41.3 Å². The van der Waals surface area contributed by atoms with Gasteiger partial charge < -0.3 is 10.1 Å². The standard InChI is InChI=1S/C18H18N2O3/c1-18(2)7-8-19-16(18)12-6-4-3-5-11(12)14-9-15(21)13(17(22)23)10-20(14)19/h3-6,9-10,16H,7-8H2,1-2H3,(H,22,23). The van der Waals surface area contributed by atoms with E-state index in [9.17, 15) is 14.7 Å². The summed E-state index contributed by atoms with van der Waals surface area (Å²) in [4.78, 5) is 23.5. The molecule has 1 aromatic carbocycles. The normalized spacial score (nSPS) is 20.6. The van der Waals surface area contributed by atoms with E-state index < -0.39 is 11.4 Å². The zero-order chi connectivity index (χ0) is 16.4. The van der Waals surface area contributed by atoms with Gasteiger partial charge in [-0.25, -0.2) is 4.79 Å². The highest BCUT2D eigenvalue weighted by atomic mass is 16.4. The maximum Gasteiger partial charge on any atom is 0.341 e. The predicted molar refractivity (Wildman–Crippen MR) is 87.3 cm³/mol. The second-order valence-electron chi connectivity index (χ2n) is 6.98. The Hall–Kier alpha value is -2.56. The van der Waals surface area contributed by atoms with Crippen molar-refractivity contribution in [3.8, 4) is 11.3 Å². The lowest BCUT2D eigenvalue weighted by Gasteiger charge is -2.41. The van der Waals surface area contributed by atoms with Gasteiger partial charge in [-0.3, -0.25) is 9.47 Å². The van der Waals surface area contributed by atoms with E-state index in [0.29, 0.717) is 0 Å². The summed E-state index contributed by atoms with van der Waals surface area (Å²) in [5.74, 6) is -1.18. The number of pyridine rings is 1. The Morgan fingerprint density at radius 2 is 2.04 bits per heavy atom. The first-order valence-corrected chi connectivity index (χ1v) is 7.76. The summed E-state index contributed by atoms with van der Waals surface area (Å²) in [7, 11) is 0. The third kappa shape index (κ3) is 1.86. The fourth-order valence-electron chi connectivity index (χ4n) is 3.95. The number of aromatic carboxylic acids is 1. The molecular formula is C18H18N2O3. The van der Waals surface area contributed by atoms with Gasteiger partial charge in [0.05, 0.1) is 11.7 Å². The third-order valence-electron chi connectivity index (χ3n) is 5.09. The minimum absolute atomic E-state index is 0.0836. The van der Waals surface area contributed by atoms with Gasteiger partial charge in [-0.2, -0.15) is 0 Å². The summed E-state index contributed by atoms with van der Waals surface area (Å²) in [6.45, 7) is 5.31. The van der Waals surface area contributed by atoms with Gasteiger partial charge in [0.15, 0.2) is 5.43 Å². The zero-order valence-electron chi connectivity index (χ0n) is 13.1. The molecule has 3 heterocycles. The van der Waals surface area contributed by atoms with E-state index in [1.165, 1.54) is 17.8 Å². The molecule has 0 amide bonds. The molecule has 1 N–H and O–H groups in total. The van der Waals surface area contributed by atoms with Crippen LogP contribution in [0.5, 0.6) is 0 Å². The number of carboxylic acids is 1. The van der Waals surface area contributed by atoms with Crippen molar-refractivity contribution in [1.29, 1.82) is 0 Å². The molecule has 2 aliphatic heterocycles. The first-order chi connectivity index (χ1) is 10.9. The molecule has 0 saturated carbocycles. The zero-order valence-corrected chi connectivity index (χ0v) is 13.1. The first kappa shape index (κ1) is 14.1. The first-order valence-electron chi connectivity index (χ1n) is 7.76. The fourth-order valence-corrected chi connectivity index (χ4v) is 3.95. The van der Waals surface area contributed by atoms with Gasteiger partial charge in [-0.1, -0.05) is 38.1 Å². The summed E-state index contributed by atoms with van der Waals surface area (Å²) in [6.07, 6.45) is 2.49. The smallest absolute Gasteiger partial charge is 0.341 e. The van der Waals surface area contributed by atoms with Crippen LogP contribution >= 0.6 is 0 Å². The minimum atomic E-state index is -1.18. The van der Waals surface area contributed by atoms with Gasteiger partial charge in [-0.05, 0) is 17.4 Å². The Balaban J connectivity index is 2.05. The van der Waals surface area contributed by atoms with E-state index in [4.69, 9.17) is 0 Å². The van der Waals surface area contributed by atoms with Crippen molar-refractivity contribution in [2.45, 2.75) is 26.3 Å². The lowest BCUT2D eigenvalue weighted by molar-refractivity contribution is 0.0694. The van der Waals surface area contributed by atoms with Gasteiger partial charge >= 0.3 is 5.97 Å². The van der Waals surface area contributed by atoms with Crippen molar-refractivity contribution in [3.63, 3.8) is 0 Å². The summed E-state index contributed by atoms with van der Waals surface area (Å²) in [6, 6.07) is 9.71. The van der Waals surface area contributed by atoms with Crippen LogP contribution in [-0.4, -0.2) is 22.3 Å². The Bertz CT molecular complexity index is 882. The maximum atomic E-state index is 12.1. The number of nitrogens with zero attached hydrogens (tertiary/aromatic N) is 2. The van der Waals surface area contributed by atoms with E-state index in [1.807, 2.05) is 22.9 Å². The van der Waals surface area contributed by atoms with Crippen LogP contribution < -0.4 is 10.4 Å². The van der Waals surface area contributed by atoms with Gasteiger partial charge in [0.25, 0.3) is 0 Å². The molecule has 0 radical (unpaired) electrons. The van der Waals surface area contributed by atoms with Gasteiger partial charge in [-0.15, -0.1) is 0 Å². The van der Waals surface area contributed by atoms with Gasteiger partial charge in [0.1, 0.15) is 5.56 Å². The van der Waals surface area contributed by atoms with E-state index in [0.717, 1.165) is 24.2 Å². The number of hydrogen-bond acceptors (Lipinski definition) is 3. The monoisotopic (exact) mass is 310 g/mol. The third-order valence-corrected chi connectivity index (χ3v) is 5.09. The number of hydrogen-bond donors (Lipinski definition) is 1. The number of fused-ring (bicyclic) bond motifs is 6. The average molecular weight is 310 g/mol. The van der Waals surface area contributed by atoms with Crippen LogP contribution in [0.25, 0.3) is 11.3 Å². The molecule has 5 nitrogen and oxygen atoms in total. The highest BCUT2D eigenvalue weighted by Crippen LogP contribution is 2.50. The minimum Gasteiger partial charge on any atom is -0.477 e. The summed E-state index contributed by atoms with van der Waals surface area (Å²) in [5.41, 5.74) is 2.44. The van der Waals surface area contributed by atoms with E-state index in [2.05, 4.69) is 24.9 Å². The number of aromatic nitrogens is 1. The number of benzene rings is 1. The molecule has 1 saturated heterocycles. The molecule has 2 aromatic rings. The van der Waals surface area contributed by atoms with Crippen LogP contribution in [0.4, 0.5) is 0 Å². The van der Waals surface area contributed by atoms with Crippen molar-refractivity contribution in [2.24, 2.45) is 5.41 Å². The Labute approximate surface area is 133 Å². The number of carboxylic acid groups (broad SMARTS) is 1. The Kier molecular flexibility index (Phi) is 2.73. The topological polar surface area (TPSA) is 62.5 Å². The van der Waals surface area contributed by atoms with E-state index >= 15 is 0 Å². The summed E-state index contributed by atoms with van der Waals surface area (Å²) >= 11 is 0. The molecule has 1 atom stereocenters. The number of rotatable bonds is 1. The van der Waals surface area contributed by atoms with Crippen LogP contribution in [0, 0.1) is 5.41 Å². The summed E-state index contributed by atoms with van der Waals surface area (Å²) < 4.78 is 1.87. The molecule has 0 spiro atoms. The lowest BCUT2D eigenvalue weighted by atomic mass is 9.78. The molecule has 4 rings (SSSR count). The van der Waals surface area contributed by atoms with Crippen molar-refractivity contribution in [3.05, 3.63) is 57.9 Å². The van der Waals surface area contributed by atoms with Crippen molar-refractivity contribution in [2.75, 3.05) is 11.6 Å². The molecule has 0 aliphatic carbocycles. The second-order valence-corrected chi connectivity index (χ2v) is 6.98. The van der Waals surface area contributed by atoms with Crippen LogP contribution in [0.3, 0.4) is 0 Å². The molecule has 5 heteroatoms. The van der Waals surface area contributed by atoms with Gasteiger partial charge in [0.2, 0.25) is 0 Å². The van der Waals surface area contributed by atoms with Crippen molar-refractivity contribution in [1.82, 2.24) is 4.68 Å². The van der Waals surface area contributed by atoms with Crippen LogP contribution in [0.1, 0.15) is 42.2 Å². The molecule has 1 fully saturated rings.